The molecule has 0 radical (unpaired) electrons. The first-order valence-electron chi connectivity index (χ1n) is 11.0. The zero-order valence-corrected chi connectivity index (χ0v) is 19.4. The lowest BCUT2D eigenvalue weighted by atomic mass is 10.2. The molecule has 0 saturated carbocycles. The number of fused-ring (bicyclic) bond motifs is 1. The second kappa shape index (κ2) is 10.8. The maximum Gasteiger partial charge on any atom is 0.266 e. The number of benzene rings is 2. The number of nitrogens with zero attached hydrogens (tertiary/aromatic N) is 3. The summed E-state index contributed by atoms with van der Waals surface area (Å²) < 4.78 is 17.9. The molecule has 1 aliphatic heterocycles. The number of aryl methyl sites for hydroxylation is 1. The highest BCUT2D eigenvalue weighted by atomic mass is 32.1. The SMILES string of the molecule is CCOc1ccc2nc(N(CCN3CCOCC3)C(=O)COc3cccc(C)c3)sc2c1. The van der Waals surface area contributed by atoms with Crippen molar-refractivity contribution < 1.29 is 19.0 Å². The van der Waals surface area contributed by atoms with Crippen molar-refractivity contribution in [1.82, 2.24) is 9.88 Å². The molecule has 1 saturated heterocycles. The van der Waals surface area contributed by atoms with Crippen LogP contribution in [0.5, 0.6) is 11.5 Å². The van der Waals surface area contributed by atoms with E-state index in [1.54, 1.807) is 4.90 Å². The van der Waals surface area contributed by atoms with Crippen molar-refractivity contribution >= 4 is 32.6 Å². The molecule has 2 aromatic carbocycles. The number of carbonyl (C=O) groups is 1. The molecule has 1 amide bonds. The van der Waals surface area contributed by atoms with Crippen LogP contribution in [0.2, 0.25) is 0 Å². The fraction of sp³-hybridized carbons (Fsp3) is 0.417. The van der Waals surface area contributed by atoms with Crippen LogP contribution in [0.15, 0.2) is 42.5 Å². The predicted octanol–water partition coefficient (Wildman–Crippen LogP) is 3.75. The Balaban J connectivity index is 1.52. The number of carbonyl (C=O) groups excluding carboxylic acids is 1. The molecule has 1 aliphatic rings. The van der Waals surface area contributed by atoms with Gasteiger partial charge in [-0.15, -0.1) is 0 Å². The van der Waals surface area contributed by atoms with E-state index < -0.39 is 0 Å². The summed E-state index contributed by atoms with van der Waals surface area (Å²) in [5.74, 6) is 1.39. The second-order valence-electron chi connectivity index (χ2n) is 7.66. The van der Waals surface area contributed by atoms with E-state index in [0.29, 0.717) is 24.0 Å². The Labute approximate surface area is 192 Å². The van der Waals surface area contributed by atoms with E-state index in [1.807, 2.05) is 56.3 Å². The van der Waals surface area contributed by atoms with Crippen molar-refractivity contribution in [3.8, 4) is 11.5 Å². The summed E-state index contributed by atoms with van der Waals surface area (Å²) in [5.41, 5.74) is 1.95. The summed E-state index contributed by atoms with van der Waals surface area (Å²) in [7, 11) is 0. The first-order valence-corrected chi connectivity index (χ1v) is 11.8. The monoisotopic (exact) mass is 455 g/mol. The normalized spacial score (nSPS) is 14.4. The Morgan fingerprint density at radius 2 is 1.97 bits per heavy atom. The minimum atomic E-state index is -0.108. The molecule has 0 N–H and O–H groups in total. The van der Waals surface area contributed by atoms with Gasteiger partial charge in [0.1, 0.15) is 11.5 Å². The van der Waals surface area contributed by atoms with Gasteiger partial charge in [-0.1, -0.05) is 23.5 Å². The van der Waals surface area contributed by atoms with Crippen LogP contribution < -0.4 is 14.4 Å². The average Bonchev–Trinajstić information content (AvgIpc) is 3.22. The highest BCUT2D eigenvalue weighted by Crippen LogP contribution is 2.31. The van der Waals surface area contributed by atoms with Gasteiger partial charge in [-0.3, -0.25) is 14.6 Å². The van der Waals surface area contributed by atoms with Crippen LogP contribution in [0.25, 0.3) is 10.2 Å². The third kappa shape index (κ3) is 5.76. The molecule has 0 bridgehead atoms. The van der Waals surface area contributed by atoms with Crippen LogP contribution in [0.1, 0.15) is 12.5 Å². The van der Waals surface area contributed by atoms with Crippen molar-refractivity contribution in [1.29, 1.82) is 0 Å². The Kier molecular flexibility index (Phi) is 7.57. The van der Waals surface area contributed by atoms with Gasteiger partial charge in [-0.05, 0) is 49.7 Å². The van der Waals surface area contributed by atoms with E-state index in [-0.39, 0.29) is 12.5 Å². The lowest BCUT2D eigenvalue weighted by Crippen LogP contribution is -2.44. The molecule has 0 aliphatic carbocycles. The van der Waals surface area contributed by atoms with Gasteiger partial charge in [0.05, 0.1) is 30.0 Å². The minimum absolute atomic E-state index is 0.0350. The van der Waals surface area contributed by atoms with Gasteiger partial charge in [0, 0.05) is 26.2 Å². The van der Waals surface area contributed by atoms with E-state index >= 15 is 0 Å². The summed E-state index contributed by atoms with van der Waals surface area (Å²) >= 11 is 1.50. The number of anilines is 1. The molecule has 32 heavy (non-hydrogen) atoms. The van der Waals surface area contributed by atoms with Crippen molar-refractivity contribution in [2.24, 2.45) is 0 Å². The van der Waals surface area contributed by atoms with Crippen LogP contribution in [0.4, 0.5) is 5.13 Å². The zero-order valence-electron chi connectivity index (χ0n) is 18.6. The summed E-state index contributed by atoms with van der Waals surface area (Å²) in [5, 5.41) is 0.680. The molecule has 7 nitrogen and oxygen atoms in total. The van der Waals surface area contributed by atoms with E-state index in [2.05, 4.69) is 4.90 Å². The Morgan fingerprint density at radius 1 is 1.16 bits per heavy atom. The molecule has 4 rings (SSSR count). The van der Waals surface area contributed by atoms with Crippen molar-refractivity contribution in [2.75, 3.05) is 57.5 Å². The summed E-state index contributed by atoms with van der Waals surface area (Å²) in [6, 6.07) is 13.6. The molecular formula is C24H29N3O4S. The van der Waals surface area contributed by atoms with Crippen LogP contribution in [-0.2, 0) is 9.53 Å². The Bertz CT molecular complexity index is 1050. The lowest BCUT2D eigenvalue weighted by Gasteiger charge is -2.29. The maximum absolute atomic E-state index is 13.2. The van der Waals surface area contributed by atoms with E-state index in [4.69, 9.17) is 19.2 Å². The molecule has 170 valence electrons. The lowest BCUT2D eigenvalue weighted by molar-refractivity contribution is -0.120. The number of aromatic nitrogens is 1. The standard InChI is InChI=1S/C24H29N3O4S/c1-3-30-20-7-8-21-22(16-20)32-24(25-21)27(10-9-26-11-13-29-14-12-26)23(28)17-31-19-6-4-5-18(2)15-19/h4-8,15-16H,3,9-14,17H2,1-2H3. The fourth-order valence-corrected chi connectivity index (χ4v) is 4.62. The van der Waals surface area contributed by atoms with Gasteiger partial charge < -0.3 is 14.2 Å². The second-order valence-corrected chi connectivity index (χ2v) is 8.67. The number of rotatable bonds is 9. The van der Waals surface area contributed by atoms with Crippen LogP contribution in [0.3, 0.4) is 0 Å². The van der Waals surface area contributed by atoms with Gasteiger partial charge in [0.2, 0.25) is 0 Å². The van der Waals surface area contributed by atoms with Crippen molar-refractivity contribution in [2.45, 2.75) is 13.8 Å². The average molecular weight is 456 g/mol. The molecule has 1 aromatic heterocycles. The van der Waals surface area contributed by atoms with Gasteiger partial charge in [-0.2, -0.15) is 0 Å². The Morgan fingerprint density at radius 3 is 2.75 bits per heavy atom. The summed E-state index contributed by atoms with van der Waals surface area (Å²) in [6.45, 7) is 9.05. The molecule has 1 fully saturated rings. The zero-order chi connectivity index (χ0) is 22.3. The first-order chi connectivity index (χ1) is 15.6. The topological polar surface area (TPSA) is 64.1 Å². The fourth-order valence-electron chi connectivity index (χ4n) is 3.59. The number of ether oxygens (including phenoxy) is 3. The third-order valence-electron chi connectivity index (χ3n) is 5.29. The molecular weight excluding hydrogens is 426 g/mol. The Hall–Kier alpha value is -2.68. The minimum Gasteiger partial charge on any atom is -0.494 e. The number of thiazole rings is 1. The number of amides is 1. The molecule has 0 unspecified atom stereocenters. The van der Waals surface area contributed by atoms with Gasteiger partial charge >= 0.3 is 0 Å². The van der Waals surface area contributed by atoms with Gasteiger partial charge in [0.15, 0.2) is 11.7 Å². The first kappa shape index (κ1) is 22.5. The van der Waals surface area contributed by atoms with Crippen LogP contribution in [0, 0.1) is 6.92 Å². The van der Waals surface area contributed by atoms with Crippen LogP contribution >= 0.6 is 11.3 Å². The molecule has 0 atom stereocenters. The largest absolute Gasteiger partial charge is 0.494 e. The molecule has 8 heteroatoms. The molecule has 0 spiro atoms. The summed E-state index contributed by atoms with van der Waals surface area (Å²) in [6.07, 6.45) is 0. The highest BCUT2D eigenvalue weighted by Gasteiger charge is 2.22. The molecule has 3 aromatic rings. The van der Waals surface area contributed by atoms with Crippen LogP contribution in [-0.4, -0.2) is 68.4 Å². The highest BCUT2D eigenvalue weighted by molar-refractivity contribution is 7.22. The van der Waals surface area contributed by atoms with Gasteiger partial charge in [0.25, 0.3) is 5.91 Å². The summed E-state index contributed by atoms with van der Waals surface area (Å²) in [4.78, 5) is 22.0. The van der Waals surface area contributed by atoms with Crippen molar-refractivity contribution in [3.63, 3.8) is 0 Å². The number of hydrogen-bond donors (Lipinski definition) is 0. The predicted molar refractivity (Wildman–Crippen MR) is 127 cm³/mol. The quantitative estimate of drug-likeness (QED) is 0.490. The van der Waals surface area contributed by atoms with E-state index in [0.717, 1.165) is 54.4 Å². The third-order valence-corrected chi connectivity index (χ3v) is 6.33. The van der Waals surface area contributed by atoms with Crippen molar-refractivity contribution in [3.05, 3.63) is 48.0 Å². The van der Waals surface area contributed by atoms with E-state index in [1.165, 1.54) is 11.3 Å². The number of hydrogen-bond acceptors (Lipinski definition) is 7. The number of morpholine rings is 1. The smallest absolute Gasteiger partial charge is 0.266 e. The van der Waals surface area contributed by atoms with Gasteiger partial charge in [-0.25, -0.2) is 4.98 Å². The maximum atomic E-state index is 13.2. The van der Waals surface area contributed by atoms with E-state index in [9.17, 15) is 4.79 Å². The molecule has 2 heterocycles.